The smallest absolute Gasteiger partial charge is 0.146 e. The second-order valence-electron chi connectivity index (χ2n) is 5.22. The Bertz CT molecular complexity index is 690. The normalized spacial score (nSPS) is 15.4. The molecule has 1 saturated heterocycles. The zero-order valence-electron chi connectivity index (χ0n) is 12.1. The van der Waals surface area contributed by atoms with Crippen molar-refractivity contribution in [3.63, 3.8) is 0 Å². The Morgan fingerprint density at radius 1 is 1.18 bits per heavy atom. The molecule has 5 heteroatoms. The Hall–Kier alpha value is -1.81. The van der Waals surface area contributed by atoms with Gasteiger partial charge in [-0.05, 0) is 46.9 Å². The lowest BCUT2D eigenvalue weighted by molar-refractivity contribution is 0.169. The van der Waals surface area contributed by atoms with Gasteiger partial charge in [0.05, 0.1) is 9.13 Å². The number of benzene rings is 1. The minimum absolute atomic E-state index is 0.224. The van der Waals surface area contributed by atoms with Gasteiger partial charge < -0.3 is 9.64 Å². The van der Waals surface area contributed by atoms with E-state index in [1.807, 2.05) is 24.3 Å². The number of para-hydroxylation sites is 1. The molecule has 1 aliphatic rings. The van der Waals surface area contributed by atoms with Gasteiger partial charge in [-0.25, -0.2) is 4.98 Å². The zero-order valence-corrected chi connectivity index (χ0v) is 14.2. The summed E-state index contributed by atoms with van der Waals surface area (Å²) in [5.74, 6) is 1.75. The van der Waals surface area contributed by atoms with Crippen LogP contribution in [0.3, 0.4) is 0 Å². The maximum absolute atomic E-state index is 9.18. The van der Waals surface area contributed by atoms with E-state index in [4.69, 9.17) is 4.74 Å². The number of halogens is 1. The third-order valence-electron chi connectivity index (χ3n) is 3.78. The first-order valence-corrected chi connectivity index (χ1v) is 8.37. The lowest BCUT2D eigenvalue weighted by atomic mass is 10.1. The van der Waals surface area contributed by atoms with Crippen molar-refractivity contribution in [2.45, 2.75) is 18.9 Å². The van der Waals surface area contributed by atoms with Gasteiger partial charge in [0.15, 0.2) is 0 Å². The number of rotatable bonds is 3. The van der Waals surface area contributed by atoms with E-state index in [2.05, 4.69) is 44.6 Å². The Balaban J connectivity index is 1.63. The first kappa shape index (κ1) is 15.1. The van der Waals surface area contributed by atoms with Gasteiger partial charge in [-0.15, -0.1) is 0 Å². The molecule has 0 spiro atoms. The van der Waals surface area contributed by atoms with Gasteiger partial charge in [0, 0.05) is 32.1 Å². The molecule has 22 heavy (non-hydrogen) atoms. The third-order valence-corrected chi connectivity index (χ3v) is 4.67. The lowest BCUT2D eigenvalue weighted by Gasteiger charge is -2.33. The Morgan fingerprint density at radius 3 is 2.68 bits per heavy atom. The molecule has 1 aliphatic heterocycles. The molecule has 112 valence electrons. The average molecular weight is 405 g/mol. The number of nitriles is 1. The van der Waals surface area contributed by atoms with Crippen LogP contribution >= 0.6 is 22.6 Å². The molecule has 0 radical (unpaired) electrons. The Morgan fingerprint density at radius 2 is 1.95 bits per heavy atom. The number of pyridine rings is 1. The van der Waals surface area contributed by atoms with Crippen LogP contribution in [-0.4, -0.2) is 24.2 Å². The summed E-state index contributed by atoms with van der Waals surface area (Å²) in [6, 6.07) is 13.9. The summed E-state index contributed by atoms with van der Waals surface area (Å²) in [6.45, 7) is 1.72. The highest BCUT2D eigenvalue weighted by atomic mass is 127. The van der Waals surface area contributed by atoms with Gasteiger partial charge in [-0.2, -0.15) is 5.26 Å². The predicted octanol–water partition coefficient (Wildman–Crippen LogP) is 3.61. The Kier molecular flexibility index (Phi) is 4.78. The molecular weight excluding hydrogens is 389 g/mol. The van der Waals surface area contributed by atoms with Crippen LogP contribution in [0.25, 0.3) is 0 Å². The van der Waals surface area contributed by atoms with Crippen molar-refractivity contribution in [3.8, 4) is 11.8 Å². The van der Waals surface area contributed by atoms with Crippen LogP contribution in [0.5, 0.6) is 5.75 Å². The molecule has 0 unspecified atom stereocenters. The van der Waals surface area contributed by atoms with E-state index in [1.54, 1.807) is 12.3 Å². The topological polar surface area (TPSA) is 49.2 Å². The van der Waals surface area contributed by atoms with Crippen LogP contribution in [0.15, 0.2) is 42.6 Å². The van der Waals surface area contributed by atoms with Crippen molar-refractivity contribution < 1.29 is 4.74 Å². The summed E-state index contributed by atoms with van der Waals surface area (Å²) < 4.78 is 7.25. The van der Waals surface area contributed by atoms with Gasteiger partial charge in [0.25, 0.3) is 0 Å². The van der Waals surface area contributed by atoms with E-state index >= 15 is 0 Å². The second kappa shape index (κ2) is 6.97. The molecule has 0 bridgehead atoms. The molecule has 0 aliphatic carbocycles. The van der Waals surface area contributed by atoms with Gasteiger partial charge in [0.2, 0.25) is 0 Å². The summed E-state index contributed by atoms with van der Waals surface area (Å²) in [6.07, 6.45) is 3.84. The van der Waals surface area contributed by atoms with Gasteiger partial charge >= 0.3 is 0 Å². The molecule has 0 atom stereocenters. The highest BCUT2D eigenvalue weighted by Crippen LogP contribution is 2.26. The second-order valence-corrected chi connectivity index (χ2v) is 6.38. The number of hydrogen-bond acceptors (Lipinski definition) is 4. The standard InChI is InChI=1S/C17H16IN3O/c18-15-5-1-2-6-16(15)22-14-7-10-21(11-8-14)17-13(12-19)4-3-9-20-17/h1-6,9,14H,7-8,10-11H2. The number of piperidine rings is 1. The molecule has 0 N–H and O–H groups in total. The molecule has 1 fully saturated rings. The third kappa shape index (κ3) is 3.33. The van der Waals surface area contributed by atoms with E-state index in [-0.39, 0.29) is 6.10 Å². The fourth-order valence-electron chi connectivity index (χ4n) is 2.64. The average Bonchev–Trinajstić information content (AvgIpc) is 2.58. The number of aromatic nitrogens is 1. The maximum Gasteiger partial charge on any atom is 0.146 e. The Labute approximate surface area is 143 Å². The number of nitrogens with zero attached hydrogens (tertiary/aromatic N) is 3. The van der Waals surface area contributed by atoms with Crippen LogP contribution in [-0.2, 0) is 0 Å². The van der Waals surface area contributed by atoms with Crippen molar-refractivity contribution in [1.82, 2.24) is 4.98 Å². The molecule has 1 aromatic carbocycles. The van der Waals surface area contributed by atoms with Crippen molar-refractivity contribution >= 4 is 28.4 Å². The van der Waals surface area contributed by atoms with Crippen molar-refractivity contribution in [1.29, 1.82) is 5.26 Å². The summed E-state index contributed by atoms with van der Waals surface area (Å²) in [5, 5.41) is 9.18. The van der Waals surface area contributed by atoms with Crippen LogP contribution in [0.4, 0.5) is 5.82 Å². The van der Waals surface area contributed by atoms with E-state index in [9.17, 15) is 5.26 Å². The largest absolute Gasteiger partial charge is 0.489 e. The van der Waals surface area contributed by atoms with Gasteiger partial charge in [0.1, 0.15) is 23.7 Å². The molecule has 1 aromatic heterocycles. The number of hydrogen-bond donors (Lipinski definition) is 0. The summed E-state index contributed by atoms with van der Waals surface area (Å²) in [5.41, 5.74) is 0.638. The first-order valence-electron chi connectivity index (χ1n) is 7.29. The van der Waals surface area contributed by atoms with Crippen LogP contribution in [0, 0.1) is 14.9 Å². The molecule has 3 rings (SSSR count). The summed E-state index contributed by atoms with van der Waals surface area (Å²) in [4.78, 5) is 6.53. The highest BCUT2D eigenvalue weighted by molar-refractivity contribution is 14.1. The molecule has 0 saturated carbocycles. The minimum Gasteiger partial charge on any atom is -0.489 e. The number of anilines is 1. The first-order chi connectivity index (χ1) is 10.8. The highest BCUT2D eigenvalue weighted by Gasteiger charge is 2.23. The molecule has 4 nitrogen and oxygen atoms in total. The quantitative estimate of drug-likeness (QED) is 0.733. The monoisotopic (exact) mass is 405 g/mol. The molecule has 0 amide bonds. The van der Waals surface area contributed by atoms with Crippen molar-refractivity contribution in [2.75, 3.05) is 18.0 Å². The van der Waals surface area contributed by atoms with E-state index in [0.717, 1.165) is 41.1 Å². The van der Waals surface area contributed by atoms with Crippen LogP contribution < -0.4 is 9.64 Å². The maximum atomic E-state index is 9.18. The summed E-state index contributed by atoms with van der Waals surface area (Å²) in [7, 11) is 0. The number of ether oxygens (including phenoxy) is 1. The predicted molar refractivity (Wildman–Crippen MR) is 94.0 cm³/mol. The molecule has 2 aromatic rings. The molecule has 2 heterocycles. The SMILES string of the molecule is N#Cc1cccnc1N1CCC(Oc2ccccc2I)CC1. The fourth-order valence-corrected chi connectivity index (χ4v) is 3.16. The van der Waals surface area contributed by atoms with Crippen LogP contribution in [0.1, 0.15) is 18.4 Å². The van der Waals surface area contributed by atoms with Crippen molar-refractivity contribution in [2.24, 2.45) is 0 Å². The van der Waals surface area contributed by atoms with E-state index in [1.165, 1.54) is 0 Å². The minimum atomic E-state index is 0.224. The van der Waals surface area contributed by atoms with Crippen LogP contribution in [0.2, 0.25) is 0 Å². The van der Waals surface area contributed by atoms with Gasteiger partial charge in [-0.3, -0.25) is 0 Å². The van der Waals surface area contributed by atoms with E-state index < -0.39 is 0 Å². The van der Waals surface area contributed by atoms with Crippen molar-refractivity contribution in [3.05, 3.63) is 51.7 Å². The van der Waals surface area contributed by atoms with E-state index in [0.29, 0.717) is 5.56 Å². The lowest BCUT2D eigenvalue weighted by Crippen LogP contribution is -2.39. The fraction of sp³-hybridized carbons (Fsp3) is 0.294. The summed E-state index contributed by atoms with van der Waals surface area (Å²) >= 11 is 2.30. The zero-order chi connectivity index (χ0) is 15.4. The van der Waals surface area contributed by atoms with Gasteiger partial charge in [-0.1, -0.05) is 12.1 Å². The molecular formula is C17H16IN3O.